The number of nitrogens with zero attached hydrogens (tertiary/aromatic N) is 3. The van der Waals surface area contributed by atoms with Crippen molar-refractivity contribution in [3.8, 4) is 0 Å². The summed E-state index contributed by atoms with van der Waals surface area (Å²) in [6.45, 7) is 6.42. The van der Waals surface area contributed by atoms with Crippen LogP contribution in [0.25, 0.3) is 5.52 Å². The van der Waals surface area contributed by atoms with Crippen molar-refractivity contribution >= 4 is 5.52 Å². The zero-order valence-corrected chi connectivity index (χ0v) is 11.5. The first-order chi connectivity index (χ1) is 9.31. The van der Waals surface area contributed by atoms with E-state index < -0.39 is 0 Å². The Morgan fingerprint density at radius 3 is 3.11 bits per heavy atom. The Balaban J connectivity index is 1.82. The maximum absolute atomic E-state index is 5.78. The quantitative estimate of drug-likeness (QED) is 0.907. The molecule has 1 aliphatic rings. The Kier molecular flexibility index (Phi) is 3.53. The molecule has 1 aliphatic heterocycles. The predicted molar refractivity (Wildman–Crippen MR) is 77.0 cm³/mol. The van der Waals surface area contributed by atoms with E-state index in [9.17, 15) is 0 Å². The number of aromatic nitrogens is 2. The van der Waals surface area contributed by atoms with E-state index in [0.717, 1.165) is 24.4 Å². The predicted octanol–water partition coefficient (Wildman–Crippen LogP) is 1.68. The van der Waals surface area contributed by atoms with Gasteiger partial charge in [-0.2, -0.15) is 0 Å². The van der Waals surface area contributed by atoms with Gasteiger partial charge in [0.05, 0.1) is 11.7 Å². The minimum atomic E-state index is 0.572. The number of rotatable bonds is 4. The molecule has 2 N–H and O–H groups in total. The summed E-state index contributed by atoms with van der Waals surface area (Å²) in [7, 11) is 0. The molecular formula is C15H22N4. The third kappa shape index (κ3) is 2.38. The van der Waals surface area contributed by atoms with Crippen LogP contribution in [0.2, 0.25) is 0 Å². The van der Waals surface area contributed by atoms with E-state index in [1.165, 1.54) is 30.9 Å². The Morgan fingerprint density at radius 1 is 1.47 bits per heavy atom. The third-order valence-electron chi connectivity index (χ3n) is 4.24. The second-order valence-electron chi connectivity index (χ2n) is 5.42. The number of fused-ring (bicyclic) bond motifs is 1. The molecule has 1 unspecified atom stereocenters. The summed E-state index contributed by atoms with van der Waals surface area (Å²) in [6.07, 6.45) is 6.42. The van der Waals surface area contributed by atoms with Crippen molar-refractivity contribution in [2.24, 2.45) is 11.7 Å². The SMILES string of the molecule is CCN1CCC(Cc2ncc3c(CN)cccn23)C1. The monoisotopic (exact) mass is 258 g/mol. The first-order valence-electron chi connectivity index (χ1n) is 7.18. The molecule has 3 heterocycles. The van der Waals surface area contributed by atoms with Gasteiger partial charge in [-0.25, -0.2) is 4.98 Å². The molecule has 3 rings (SSSR count). The maximum atomic E-state index is 5.78. The van der Waals surface area contributed by atoms with Gasteiger partial charge in [0.2, 0.25) is 0 Å². The zero-order valence-electron chi connectivity index (χ0n) is 11.5. The van der Waals surface area contributed by atoms with Crippen molar-refractivity contribution in [3.63, 3.8) is 0 Å². The first kappa shape index (κ1) is 12.6. The summed E-state index contributed by atoms with van der Waals surface area (Å²) < 4.78 is 2.21. The fraction of sp³-hybridized carbons (Fsp3) is 0.533. The van der Waals surface area contributed by atoms with Gasteiger partial charge in [0, 0.05) is 25.7 Å². The zero-order chi connectivity index (χ0) is 13.2. The van der Waals surface area contributed by atoms with Gasteiger partial charge in [0.15, 0.2) is 0 Å². The maximum Gasteiger partial charge on any atom is 0.113 e. The van der Waals surface area contributed by atoms with Crippen LogP contribution in [0, 0.1) is 5.92 Å². The van der Waals surface area contributed by atoms with Crippen LogP contribution >= 0.6 is 0 Å². The van der Waals surface area contributed by atoms with Crippen LogP contribution in [-0.2, 0) is 13.0 Å². The van der Waals surface area contributed by atoms with Crippen LogP contribution in [0.5, 0.6) is 0 Å². The topological polar surface area (TPSA) is 46.6 Å². The average molecular weight is 258 g/mol. The van der Waals surface area contributed by atoms with Crippen LogP contribution < -0.4 is 5.73 Å². The van der Waals surface area contributed by atoms with Crippen LogP contribution in [0.15, 0.2) is 24.5 Å². The van der Waals surface area contributed by atoms with Gasteiger partial charge in [-0.05, 0) is 37.1 Å². The van der Waals surface area contributed by atoms with Crippen molar-refractivity contribution in [2.45, 2.75) is 26.3 Å². The van der Waals surface area contributed by atoms with Gasteiger partial charge >= 0.3 is 0 Å². The molecular weight excluding hydrogens is 236 g/mol. The summed E-state index contributed by atoms with van der Waals surface area (Å²) in [5.41, 5.74) is 8.10. The Morgan fingerprint density at radius 2 is 2.37 bits per heavy atom. The second-order valence-corrected chi connectivity index (χ2v) is 5.42. The van der Waals surface area contributed by atoms with Crippen molar-refractivity contribution in [1.29, 1.82) is 0 Å². The lowest BCUT2D eigenvalue weighted by atomic mass is 10.0. The first-order valence-corrected chi connectivity index (χ1v) is 7.18. The van der Waals surface area contributed by atoms with Gasteiger partial charge in [0.1, 0.15) is 5.82 Å². The molecule has 1 atom stereocenters. The standard InChI is InChI=1S/C15H22N4/c1-2-18-7-5-12(11-18)8-15-17-10-14-13(9-16)4-3-6-19(14)15/h3-4,6,10,12H,2,5,7-9,11,16H2,1H3. The minimum absolute atomic E-state index is 0.572. The summed E-state index contributed by atoms with van der Waals surface area (Å²) >= 11 is 0. The van der Waals surface area contributed by atoms with E-state index in [0.29, 0.717) is 6.54 Å². The minimum Gasteiger partial charge on any atom is -0.326 e. The van der Waals surface area contributed by atoms with Crippen LogP contribution in [-0.4, -0.2) is 33.9 Å². The lowest BCUT2D eigenvalue weighted by Gasteiger charge is -2.12. The molecule has 19 heavy (non-hydrogen) atoms. The van der Waals surface area contributed by atoms with Crippen LogP contribution in [0.3, 0.4) is 0 Å². The van der Waals surface area contributed by atoms with E-state index in [2.05, 4.69) is 39.5 Å². The molecule has 0 aromatic carbocycles. The normalized spacial score (nSPS) is 20.4. The summed E-state index contributed by atoms with van der Waals surface area (Å²) in [4.78, 5) is 7.13. The van der Waals surface area contributed by atoms with Crippen LogP contribution in [0.1, 0.15) is 24.7 Å². The number of likely N-dealkylation sites (tertiary alicyclic amines) is 1. The lowest BCUT2D eigenvalue weighted by molar-refractivity contribution is 0.341. The molecule has 4 heteroatoms. The summed E-state index contributed by atoms with van der Waals surface area (Å²) in [5.74, 6) is 1.92. The molecule has 1 saturated heterocycles. The Bertz CT molecular complexity index is 560. The van der Waals surface area contributed by atoms with Crippen molar-refractivity contribution < 1.29 is 0 Å². The fourth-order valence-corrected chi connectivity index (χ4v) is 3.08. The molecule has 0 amide bonds. The highest BCUT2D eigenvalue weighted by Gasteiger charge is 2.22. The summed E-state index contributed by atoms with van der Waals surface area (Å²) in [5, 5.41) is 0. The third-order valence-corrected chi connectivity index (χ3v) is 4.24. The smallest absolute Gasteiger partial charge is 0.113 e. The highest BCUT2D eigenvalue weighted by Crippen LogP contribution is 2.21. The molecule has 2 aromatic heterocycles. The number of pyridine rings is 1. The molecule has 0 radical (unpaired) electrons. The molecule has 1 fully saturated rings. The number of nitrogens with two attached hydrogens (primary N) is 1. The molecule has 4 nitrogen and oxygen atoms in total. The Hall–Kier alpha value is -1.39. The van der Waals surface area contributed by atoms with E-state index in [-0.39, 0.29) is 0 Å². The number of hydrogen-bond donors (Lipinski definition) is 1. The number of hydrogen-bond acceptors (Lipinski definition) is 3. The molecule has 0 bridgehead atoms. The van der Waals surface area contributed by atoms with Crippen molar-refractivity contribution in [3.05, 3.63) is 35.9 Å². The summed E-state index contributed by atoms with van der Waals surface area (Å²) in [6, 6.07) is 4.14. The van der Waals surface area contributed by atoms with Gasteiger partial charge in [-0.1, -0.05) is 13.0 Å². The molecule has 0 saturated carbocycles. The van der Waals surface area contributed by atoms with E-state index >= 15 is 0 Å². The van der Waals surface area contributed by atoms with Crippen molar-refractivity contribution in [1.82, 2.24) is 14.3 Å². The van der Waals surface area contributed by atoms with Gasteiger partial charge < -0.3 is 15.0 Å². The largest absolute Gasteiger partial charge is 0.326 e. The fourth-order valence-electron chi connectivity index (χ4n) is 3.08. The highest BCUT2D eigenvalue weighted by molar-refractivity contribution is 5.54. The molecule has 0 spiro atoms. The number of imidazole rings is 1. The molecule has 102 valence electrons. The van der Waals surface area contributed by atoms with E-state index in [1.54, 1.807) is 0 Å². The van der Waals surface area contributed by atoms with Crippen molar-refractivity contribution in [2.75, 3.05) is 19.6 Å². The van der Waals surface area contributed by atoms with Crippen LogP contribution in [0.4, 0.5) is 0 Å². The lowest BCUT2D eigenvalue weighted by Crippen LogP contribution is -2.20. The second kappa shape index (κ2) is 5.31. The molecule has 0 aliphatic carbocycles. The average Bonchev–Trinajstić information content (AvgIpc) is 3.06. The van der Waals surface area contributed by atoms with Gasteiger partial charge in [0.25, 0.3) is 0 Å². The van der Waals surface area contributed by atoms with Gasteiger partial charge in [-0.15, -0.1) is 0 Å². The Labute approximate surface area is 114 Å². The van der Waals surface area contributed by atoms with Gasteiger partial charge in [-0.3, -0.25) is 0 Å². The highest BCUT2D eigenvalue weighted by atomic mass is 15.1. The van der Waals surface area contributed by atoms with E-state index in [1.807, 2.05) is 6.20 Å². The molecule has 2 aromatic rings. The van der Waals surface area contributed by atoms with E-state index in [4.69, 9.17) is 5.73 Å².